The molecule has 36 heavy (non-hydrogen) atoms. The van der Waals surface area contributed by atoms with Crippen molar-refractivity contribution in [3.05, 3.63) is 102 Å². The van der Waals surface area contributed by atoms with Crippen molar-refractivity contribution in [2.45, 2.75) is 20.8 Å². The summed E-state index contributed by atoms with van der Waals surface area (Å²) >= 11 is 0. The molecule has 0 saturated heterocycles. The summed E-state index contributed by atoms with van der Waals surface area (Å²) in [6.45, 7) is 9.33. The number of carbonyl (C=O) groups excluding carboxylic acids is 2. The number of benzene rings is 3. The zero-order chi connectivity index (χ0) is 26.4. The first-order chi connectivity index (χ1) is 17.2. The minimum Gasteiger partial charge on any atom is -0.461 e. The number of rotatable bonds is 10. The second-order valence-corrected chi connectivity index (χ2v) is 8.95. The van der Waals surface area contributed by atoms with Crippen LogP contribution in [0.4, 0.5) is 0 Å². The molecule has 0 aliphatic rings. The molecular formula is C27H28NO7P. The number of phosphoric acid groups is 1. The Bertz CT molecular complexity index is 1090. The maximum absolute atomic E-state index is 13.3. The topological polar surface area (TPSA) is 100 Å². The molecule has 0 aliphatic heterocycles. The number of nitrogens with zero attached hydrogens (tertiary/aromatic N) is 1. The van der Waals surface area contributed by atoms with Gasteiger partial charge in [0.05, 0.1) is 6.54 Å². The fourth-order valence-corrected chi connectivity index (χ4v) is 3.79. The van der Waals surface area contributed by atoms with Crippen LogP contribution >= 0.6 is 7.82 Å². The normalized spacial score (nSPS) is 10.1. The molecule has 3 aromatic rings. The van der Waals surface area contributed by atoms with Gasteiger partial charge in [0.25, 0.3) is 0 Å². The Morgan fingerprint density at radius 1 is 0.806 bits per heavy atom. The molecule has 0 amide bonds. The number of aryl methyl sites for hydroxylation is 3. The second kappa shape index (κ2) is 14.3. The van der Waals surface area contributed by atoms with Crippen LogP contribution in [0.2, 0.25) is 0 Å². The SMILES string of the molecule is C=CC(=O)OCCN=C=O.Cc1ccc(OP(=O)(Oc2ccc(C)cc2)Oc2ccc(C)cc2)cc1. The summed E-state index contributed by atoms with van der Waals surface area (Å²) in [6, 6.07) is 21.6. The van der Waals surface area contributed by atoms with Crippen LogP contribution in [0.3, 0.4) is 0 Å². The van der Waals surface area contributed by atoms with Gasteiger partial charge in [-0.25, -0.2) is 14.6 Å². The third kappa shape index (κ3) is 10.4. The Morgan fingerprint density at radius 2 is 1.17 bits per heavy atom. The molecule has 3 aromatic carbocycles. The Labute approximate surface area is 210 Å². The first kappa shape index (κ1) is 28.1. The van der Waals surface area contributed by atoms with Gasteiger partial charge >= 0.3 is 13.8 Å². The third-order valence-corrected chi connectivity index (χ3v) is 5.70. The Hall–Kier alpha value is -4.12. The van der Waals surface area contributed by atoms with Crippen molar-refractivity contribution in [2.24, 2.45) is 4.99 Å². The zero-order valence-corrected chi connectivity index (χ0v) is 21.3. The molecule has 0 heterocycles. The number of aliphatic imine (C=N–C) groups is 1. The van der Waals surface area contributed by atoms with Crippen molar-refractivity contribution in [1.82, 2.24) is 0 Å². The number of hydrogen-bond donors (Lipinski definition) is 0. The van der Waals surface area contributed by atoms with Gasteiger partial charge in [-0.3, -0.25) is 0 Å². The smallest absolute Gasteiger partial charge is 0.461 e. The lowest BCUT2D eigenvalue weighted by molar-refractivity contribution is -0.137. The molecule has 0 fully saturated rings. The van der Waals surface area contributed by atoms with Crippen molar-refractivity contribution in [3.8, 4) is 17.2 Å². The van der Waals surface area contributed by atoms with E-state index in [1.807, 2.05) is 57.2 Å². The summed E-state index contributed by atoms with van der Waals surface area (Å²) in [4.78, 5) is 22.9. The molecule has 0 spiro atoms. The number of ether oxygens (including phenoxy) is 1. The zero-order valence-electron chi connectivity index (χ0n) is 20.4. The lowest BCUT2D eigenvalue weighted by Crippen LogP contribution is -2.07. The van der Waals surface area contributed by atoms with Gasteiger partial charge in [0.15, 0.2) is 0 Å². The summed E-state index contributed by atoms with van der Waals surface area (Å²) < 4.78 is 34.7. The van der Waals surface area contributed by atoms with Crippen LogP contribution < -0.4 is 13.6 Å². The van der Waals surface area contributed by atoms with E-state index in [1.165, 1.54) is 6.08 Å². The Kier molecular flexibility index (Phi) is 11.2. The summed E-state index contributed by atoms with van der Waals surface area (Å²) in [5.74, 6) is 0.732. The maximum Gasteiger partial charge on any atom is 0.647 e. The van der Waals surface area contributed by atoms with Crippen molar-refractivity contribution >= 4 is 19.9 Å². The number of isocyanates is 1. The number of hydrogen-bond acceptors (Lipinski definition) is 8. The van der Waals surface area contributed by atoms with Gasteiger partial charge in [-0.15, -0.1) is 0 Å². The molecule has 0 saturated carbocycles. The van der Waals surface area contributed by atoms with Gasteiger partial charge < -0.3 is 18.3 Å². The predicted octanol–water partition coefficient (Wildman–Crippen LogP) is 6.31. The number of carbonyl (C=O) groups is 1. The first-order valence-corrected chi connectivity index (χ1v) is 12.4. The highest BCUT2D eigenvalue weighted by Crippen LogP contribution is 2.49. The maximum atomic E-state index is 13.3. The van der Waals surface area contributed by atoms with Gasteiger partial charge in [0, 0.05) is 6.08 Å². The summed E-state index contributed by atoms with van der Waals surface area (Å²) in [6.07, 6.45) is 2.36. The quantitative estimate of drug-likeness (QED) is 0.0788. The van der Waals surface area contributed by atoms with E-state index in [4.69, 9.17) is 13.6 Å². The predicted molar refractivity (Wildman–Crippen MR) is 137 cm³/mol. The van der Waals surface area contributed by atoms with Gasteiger partial charge in [-0.1, -0.05) is 59.7 Å². The Morgan fingerprint density at radius 3 is 1.47 bits per heavy atom. The van der Waals surface area contributed by atoms with E-state index in [-0.39, 0.29) is 13.2 Å². The lowest BCUT2D eigenvalue weighted by Gasteiger charge is -2.19. The molecule has 9 heteroatoms. The minimum absolute atomic E-state index is 0.0973. The first-order valence-electron chi connectivity index (χ1n) is 10.9. The van der Waals surface area contributed by atoms with E-state index in [0.29, 0.717) is 17.2 Å². The molecule has 0 atom stereocenters. The van der Waals surface area contributed by atoms with Crippen molar-refractivity contribution in [2.75, 3.05) is 13.2 Å². The summed E-state index contributed by atoms with van der Waals surface area (Å²) in [5.41, 5.74) is 3.23. The monoisotopic (exact) mass is 509 g/mol. The van der Waals surface area contributed by atoms with Crippen LogP contribution in [0, 0.1) is 20.8 Å². The average Bonchev–Trinajstić information content (AvgIpc) is 2.86. The summed E-state index contributed by atoms with van der Waals surface area (Å²) in [7, 11) is -3.93. The molecule has 3 rings (SSSR count). The van der Waals surface area contributed by atoms with Crippen LogP contribution in [0.15, 0.2) is 90.4 Å². The highest BCUT2D eigenvalue weighted by molar-refractivity contribution is 7.49. The van der Waals surface area contributed by atoms with Gasteiger partial charge in [-0.05, 0) is 57.2 Å². The van der Waals surface area contributed by atoms with E-state index in [9.17, 15) is 14.2 Å². The third-order valence-electron chi connectivity index (χ3n) is 4.39. The van der Waals surface area contributed by atoms with Crippen molar-refractivity contribution in [1.29, 1.82) is 0 Å². The molecular weight excluding hydrogens is 481 g/mol. The van der Waals surface area contributed by atoms with Crippen molar-refractivity contribution < 1.29 is 32.5 Å². The van der Waals surface area contributed by atoms with Crippen LogP contribution in [-0.2, 0) is 18.9 Å². The van der Waals surface area contributed by atoms with Gasteiger partial charge in [0.2, 0.25) is 6.08 Å². The minimum atomic E-state index is -3.93. The van der Waals surface area contributed by atoms with E-state index < -0.39 is 13.8 Å². The molecule has 8 nitrogen and oxygen atoms in total. The largest absolute Gasteiger partial charge is 0.647 e. The second-order valence-electron chi connectivity index (χ2n) is 7.50. The standard InChI is InChI=1S/C21H21O4P.C6H7NO3/c1-16-4-10-19(11-5-16)23-26(22,24-20-12-6-17(2)7-13-20)25-21-14-8-18(3)9-15-21;1-2-6(9)10-4-3-7-5-8/h4-15H,1-3H3;2H,1,3-4H2. The van der Waals surface area contributed by atoms with E-state index in [2.05, 4.69) is 16.3 Å². The summed E-state index contributed by atoms with van der Waals surface area (Å²) in [5, 5.41) is 0. The van der Waals surface area contributed by atoms with Crippen LogP contribution in [0.1, 0.15) is 16.7 Å². The highest BCUT2D eigenvalue weighted by Gasteiger charge is 2.33. The molecule has 0 bridgehead atoms. The highest BCUT2D eigenvalue weighted by atomic mass is 31.2. The van der Waals surface area contributed by atoms with Gasteiger partial charge in [-0.2, -0.15) is 4.57 Å². The van der Waals surface area contributed by atoms with Crippen molar-refractivity contribution in [3.63, 3.8) is 0 Å². The molecule has 0 radical (unpaired) electrons. The lowest BCUT2D eigenvalue weighted by atomic mass is 10.2. The fourth-order valence-electron chi connectivity index (χ4n) is 2.54. The average molecular weight is 509 g/mol. The van der Waals surface area contributed by atoms with E-state index >= 15 is 0 Å². The molecule has 0 unspecified atom stereocenters. The van der Waals surface area contributed by atoms with E-state index in [1.54, 1.807) is 36.4 Å². The Balaban J connectivity index is 0.000000388. The number of phosphoric ester groups is 1. The molecule has 0 aromatic heterocycles. The van der Waals surface area contributed by atoms with Crippen LogP contribution in [0.25, 0.3) is 0 Å². The molecule has 188 valence electrons. The fraction of sp³-hybridized carbons (Fsp3) is 0.185. The number of esters is 1. The van der Waals surface area contributed by atoms with E-state index in [0.717, 1.165) is 22.8 Å². The van der Waals surface area contributed by atoms with Crippen LogP contribution in [0.5, 0.6) is 17.2 Å². The van der Waals surface area contributed by atoms with Gasteiger partial charge in [0.1, 0.15) is 23.9 Å². The molecule has 0 N–H and O–H groups in total. The molecule has 0 aliphatic carbocycles. The van der Waals surface area contributed by atoms with Crippen LogP contribution in [-0.4, -0.2) is 25.2 Å².